The lowest BCUT2D eigenvalue weighted by atomic mass is 10.1. The van der Waals surface area contributed by atoms with E-state index in [0.717, 1.165) is 12.1 Å². The van der Waals surface area contributed by atoms with E-state index in [1.165, 1.54) is 31.3 Å². The predicted molar refractivity (Wildman–Crippen MR) is 117 cm³/mol. The number of imidazole rings is 1. The zero-order valence-electron chi connectivity index (χ0n) is 17.8. The minimum Gasteiger partial charge on any atom is -0.493 e. The molecule has 6 nitrogen and oxygen atoms in total. The van der Waals surface area contributed by atoms with E-state index in [4.69, 9.17) is 9.47 Å². The van der Waals surface area contributed by atoms with Crippen LogP contribution in [-0.4, -0.2) is 30.0 Å². The predicted octanol–water partition coefficient (Wildman–Crippen LogP) is 5.20. The number of nitrogens with zero attached hydrogens (tertiary/aromatic N) is 3. The van der Waals surface area contributed by atoms with Gasteiger partial charge in [0.25, 0.3) is 0 Å². The number of carbonyl (C=O) groups is 1. The van der Waals surface area contributed by atoms with Crippen molar-refractivity contribution in [3.63, 3.8) is 0 Å². The molecule has 4 rings (SSSR count). The van der Waals surface area contributed by atoms with Crippen LogP contribution >= 0.6 is 0 Å². The second-order valence-corrected chi connectivity index (χ2v) is 7.21. The third kappa shape index (κ3) is 4.34. The van der Waals surface area contributed by atoms with Gasteiger partial charge < -0.3 is 9.47 Å². The van der Waals surface area contributed by atoms with Crippen molar-refractivity contribution in [1.29, 1.82) is 0 Å². The van der Waals surface area contributed by atoms with Gasteiger partial charge in [0.2, 0.25) is 6.41 Å². The van der Waals surface area contributed by atoms with E-state index in [0.29, 0.717) is 46.2 Å². The minimum atomic E-state index is -4.43. The van der Waals surface area contributed by atoms with Gasteiger partial charge in [-0.05, 0) is 48.0 Å². The number of methoxy groups -OCH3 is 2. The molecule has 4 aromatic rings. The van der Waals surface area contributed by atoms with Gasteiger partial charge in [-0.15, -0.1) is 0 Å². The van der Waals surface area contributed by atoms with Gasteiger partial charge in [-0.3, -0.25) is 14.1 Å². The number of fused-ring (bicyclic) bond motifs is 1. The summed E-state index contributed by atoms with van der Waals surface area (Å²) in [7, 11) is 3.06. The average molecular weight is 455 g/mol. The van der Waals surface area contributed by atoms with Crippen LogP contribution < -0.4 is 14.4 Å². The van der Waals surface area contributed by atoms with Gasteiger partial charge in [0, 0.05) is 11.8 Å². The Kier molecular flexibility index (Phi) is 5.95. The molecule has 33 heavy (non-hydrogen) atoms. The summed E-state index contributed by atoms with van der Waals surface area (Å²) in [5, 5.41) is 0. The van der Waals surface area contributed by atoms with E-state index in [9.17, 15) is 18.0 Å². The molecule has 170 valence electrons. The second kappa shape index (κ2) is 8.85. The highest BCUT2D eigenvalue weighted by atomic mass is 19.4. The lowest BCUT2D eigenvalue weighted by Crippen LogP contribution is -2.22. The number of hydrogen-bond donors (Lipinski definition) is 0. The van der Waals surface area contributed by atoms with E-state index in [1.54, 1.807) is 40.9 Å². The molecule has 0 N–H and O–H groups in total. The topological polar surface area (TPSA) is 56.1 Å². The number of halogens is 3. The molecule has 0 aliphatic rings. The highest BCUT2D eigenvalue weighted by molar-refractivity contribution is 5.86. The van der Waals surface area contributed by atoms with Crippen LogP contribution in [0.15, 0.2) is 66.9 Å². The molecule has 0 aliphatic heterocycles. The average Bonchev–Trinajstić information content (AvgIpc) is 3.21. The van der Waals surface area contributed by atoms with Gasteiger partial charge in [0.1, 0.15) is 17.2 Å². The molecule has 0 saturated heterocycles. The van der Waals surface area contributed by atoms with E-state index < -0.39 is 11.7 Å². The lowest BCUT2D eigenvalue weighted by molar-refractivity contribution is -0.137. The first-order chi connectivity index (χ1) is 15.9. The number of anilines is 1. The Bertz CT molecular complexity index is 1280. The number of carbonyl (C=O) groups excluding carboxylic acids is 1. The maximum atomic E-state index is 12.9. The fourth-order valence-electron chi connectivity index (χ4n) is 3.59. The van der Waals surface area contributed by atoms with E-state index in [1.807, 2.05) is 6.07 Å². The summed E-state index contributed by atoms with van der Waals surface area (Å²) in [6, 6.07) is 15.4. The Hall–Kier alpha value is -4.01. The number of rotatable bonds is 7. The Labute approximate surface area is 187 Å². The molecule has 2 heterocycles. The first-order valence-corrected chi connectivity index (χ1v) is 9.93. The van der Waals surface area contributed by atoms with Crippen LogP contribution in [0.1, 0.15) is 11.1 Å². The molecule has 0 bridgehead atoms. The van der Waals surface area contributed by atoms with Gasteiger partial charge in [-0.2, -0.15) is 13.2 Å². The van der Waals surface area contributed by atoms with Crippen LogP contribution in [0.25, 0.3) is 16.9 Å². The van der Waals surface area contributed by atoms with Crippen molar-refractivity contribution >= 4 is 17.9 Å². The molecule has 1 amide bonds. The second-order valence-electron chi connectivity index (χ2n) is 7.21. The van der Waals surface area contributed by atoms with Gasteiger partial charge >= 0.3 is 6.18 Å². The summed E-state index contributed by atoms with van der Waals surface area (Å²) in [5.74, 6) is 1.52. The number of pyridine rings is 1. The maximum absolute atomic E-state index is 12.9. The first-order valence-electron chi connectivity index (χ1n) is 9.93. The molecular weight excluding hydrogens is 435 g/mol. The zero-order chi connectivity index (χ0) is 23.6. The lowest BCUT2D eigenvalue weighted by Gasteiger charge is -2.19. The Morgan fingerprint density at radius 2 is 1.73 bits per heavy atom. The van der Waals surface area contributed by atoms with Crippen molar-refractivity contribution in [2.24, 2.45) is 0 Å². The highest BCUT2D eigenvalue weighted by Crippen LogP contribution is 2.37. The molecule has 9 heteroatoms. The summed E-state index contributed by atoms with van der Waals surface area (Å²) in [6.45, 7) is 0.0601. The van der Waals surface area contributed by atoms with Crippen molar-refractivity contribution < 1.29 is 27.4 Å². The first kappa shape index (κ1) is 22.2. The number of alkyl halides is 3. The van der Waals surface area contributed by atoms with Crippen molar-refractivity contribution in [3.8, 4) is 22.8 Å². The SMILES string of the molecule is COc1ccc(-c2nc3ccccn3c2N(C=O)Cc2ccc(C(F)(F)F)cc2)cc1OC. The molecule has 0 spiro atoms. The minimum absolute atomic E-state index is 0.0601. The van der Waals surface area contributed by atoms with Gasteiger partial charge in [0.05, 0.1) is 26.3 Å². The van der Waals surface area contributed by atoms with Crippen LogP contribution in [0.2, 0.25) is 0 Å². The Morgan fingerprint density at radius 1 is 1.00 bits per heavy atom. The molecule has 0 saturated carbocycles. The van der Waals surface area contributed by atoms with Gasteiger partial charge in [0.15, 0.2) is 11.5 Å². The van der Waals surface area contributed by atoms with Crippen LogP contribution in [0.4, 0.5) is 19.0 Å². The molecule has 0 aliphatic carbocycles. The van der Waals surface area contributed by atoms with Crippen molar-refractivity contribution in [2.45, 2.75) is 12.7 Å². The number of benzene rings is 2. The highest BCUT2D eigenvalue weighted by Gasteiger charge is 2.30. The zero-order valence-corrected chi connectivity index (χ0v) is 17.8. The molecule has 0 atom stereocenters. The summed E-state index contributed by atoms with van der Waals surface area (Å²) >= 11 is 0. The van der Waals surface area contributed by atoms with Crippen LogP contribution in [0.3, 0.4) is 0 Å². The summed E-state index contributed by atoms with van der Waals surface area (Å²) in [6.07, 6.45) is -2.02. The third-order valence-electron chi connectivity index (χ3n) is 5.20. The molecular formula is C24H20F3N3O3. The fourth-order valence-corrected chi connectivity index (χ4v) is 3.59. The Morgan fingerprint density at radius 3 is 2.36 bits per heavy atom. The van der Waals surface area contributed by atoms with E-state index in [2.05, 4.69) is 4.98 Å². The van der Waals surface area contributed by atoms with Gasteiger partial charge in [-0.25, -0.2) is 4.98 Å². The molecule has 2 aromatic heterocycles. The van der Waals surface area contributed by atoms with Crippen molar-refractivity contribution in [3.05, 3.63) is 78.0 Å². The van der Waals surface area contributed by atoms with Crippen LogP contribution in [-0.2, 0) is 17.5 Å². The van der Waals surface area contributed by atoms with E-state index >= 15 is 0 Å². The van der Waals surface area contributed by atoms with Crippen LogP contribution in [0, 0.1) is 0 Å². The summed E-state index contributed by atoms with van der Waals surface area (Å²) in [5.41, 5.74) is 1.60. The maximum Gasteiger partial charge on any atom is 0.416 e. The smallest absolute Gasteiger partial charge is 0.416 e. The molecule has 0 fully saturated rings. The largest absolute Gasteiger partial charge is 0.493 e. The normalized spacial score (nSPS) is 11.4. The fraction of sp³-hybridized carbons (Fsp3) is 0.167. The van der Waals surface area contributed by atoms with E-state index in [-0.39, 0.29) is 6.54 Å². The van der Waals surface area contributed by atoms with Crippen LogP contribution in [0.5, 0.6) is 11.5 Å². The van der Waals surface area contributed by atoms with Crippen molar-refractivity contribution in [1.82, 2.24) is 9.38 Å². The summed E-state index contributed by atoms with van der Waals surface area (Å²) < 4.78 is 51.2. The Balaban J connectivity index is 1.79. The monoisotopic (exact) mass is 455 g/mol. The third-order valence-corrected chi connectivity index (χ3v) is 5.20. The molecule has 2 aromatic carbocycles. The quantitative estimate of drug-likeness (QED) is 0.360. The number of hydrogen-bond acceptors (Lipinski definition) is 4. The summed E-state index contributed by atoms with van der Waals surface area (Å²) in [4.78, 5) is 18.2. The van der Waals surface area contributed by atoms with Gasteiger partial charge in [-0.1, -0.05) is 18.2 Å². The number of aromatic nitrogens is 2. The standard InChI is InChI=1S/C24H20F3N3O3/c1-32-19-11-8-17(13-20(19)33-2)22-23(30-12-4-3-5-21(30)28-22)29(15-31)14-16-6-9-18(10-7-16)24(25,26)27/h3-13,15H,14H2,1-2H3. The number of ether oxygens (including phenoxy) is 2. The molecule has 0 radical (unpaired) electrons. The molecule has 0 unspecified atom stereocenters. The number of amides is 1. The van der Waals surface area contributed by atoms with Crippen molar-refractivity contribution in [2.75, 3.05) is 19.1 Å².